The van der Waals surface area contributed by atoms with Gasteiger partial charge in [-0.3, -0.25) is 4.79 Å². The monoisotopic (exact) mass is 318 g/mol. The van der Waals surface area contributed by atoms with Crippen molar-refractivity contribution in [1.82, 2.24) is 0 Å². The average Bonchev–Trinajstić information content (AvgIpc) is 2.77. The van der Waals surface area contributed by atoms with E-state index in [9.17, 15) is 15.0 Å². The summed E-state index contributed by atoms with van der Waals surface area (Å²) in [6, 6.07) is 0. The fourth-order valence-corrected chi connectivity index (χ4v) is 7.48. The van der Waals surface area contributed by atoms with Gasteiger partial charge in [0.1, 0.15) is 0 Å². The van der Waals surface area contributed by atoms with Gasteiger partial charge in [-0.15, -0.1) is 0 Å². The summed E-state index contributed by atoms with van der Waals surface area (Å²) in [5.74, 6) is 0.912. The Morgan fingerprint density at radius 1 is 1.17 bits per heavy atom. The van der Waals surface area contributed by atoms with Crippen LogP contribution in [0.3, 0.4) is 0 Å². The Labute approximate surface area is 139 Å². The zero-order chi connectivity index (χ0) is 16.5. The van der Waals surface area contributed by atoms with Crippen molar-refractivity contribution in [3.63, 3.8) is 0 Å². The maximum absolute atomic E-state index is 12.0. The van der Waals surface area contributed by atoms with Gasteiger partial charge in [0.25, 0.3) is 0 Å². The third kappa shape index (κ3) is 1.89. The van der Waals surface area contributed by atoms with Crippen LogP contribution in [-0.4, -0.2) is 22.8 Å². The summed E-state index contributed by atoms with van der Waals surface area (Å²) in [6.07, 6.45) is 11.3. The molecule has 3 fully saturated rings. The van der Waals surface area contributed by atoms with Crippen LogP contribution in [0.5, 0.6) is 0 Å². The predicted octanol–water partition coefficient (Wildman–Crippen LogP) is 4.01. The maximum atomic E-state index is 12.0. The van der Waals surface area contributed by atoms with E-state index in [4.69, 9.17) is 0 Å². The van der Waals surface area contributed by atoms with Gasteiger partial charge in [0, 0.05) is 0 Å². The van der Waals surface area contributed by atoms with Crippen LogP contribution >= 0.6 is 0 Å². The lowest BCUT2D eigenvalue weighted by molar-refractivity contribution is -0.177. The number of aliphatic carboxylic acids is 1. The van der Waals surface area contributed by atoms with Crippen LogP contribution in [0.25, 0.3) is 0 Å². The number of hydrogen-bond donors (Lipinski definition) is 2. The molecule has 0 aromatic rings. The molecule has 0 radical (unpaired) electrons. The first-order chi connectivity index (χ1) is 10.9. The third-order valence-corrected chi connectivity index (χ3v) is 8.46. The molecule has 4 aliphatic carbocycles. The second-order valence-electron chi connectivity index (χ2n) is 9.31. The largest absolute Gasteiger partial charge is 0.481 e. The normalized spacial score (nSPS) is 51.6. The fraction of sp³-hybridized carbons (Fsp3) is 0.850. The number of aliphatic hydroxyl groups is 1. The summed E-state index contributed by atoms with van der Waals surface area (Å²) in [4.78, 5) is 12.0. The van der Waals surface area contributed by atoms with Gasteiger partial charge in [-0.1, -0.05) is 19.4 Å². The highest BCUT2D eigenvalue weighted by Crippen LogP contribution is 2.70. The summed E-state index contributed by atoms with van der Waals surface area (Å²) < 4.78 is 0. The highest BCUT2D eigenvalue weighted by Gasteiger charge is 2.64. The Bertz CT molecular complexity index is 567. The van der Waals surface area contributed by atoms with Crippen molar-refractivity contribution < 1.29 is 15.0 Å². The molecule has 128 valence electrons. The van der Waals surface area contributed by atoms with E-state index >= 15 is 0 Å². The minimum absolute atomic E-state index is 0.149. The average molecular weight is 318 g/mol. The number of hydrogen-bond acceptors (Lipinski definition) is 2. The van der Waals surface area contributed by atoms with Gasteiger partial charge < -0.3 is 10.2 Å². The van der Waals surface area contributed by atoms with Crippen molar-refractivity contribution in [2.24, 2.45) is 34.0 Å². The number of aliphatic hydroxyl groups excluding tert-OH is 1. The first-order valence-corrected chi connectivity index (χ1v) is 9.42. The lowest BCUT2D eigenvalue weighted by Gasteiger charge is -2.63. The van der Waals surface area contributed by atoms with Gasteiger partial charge in [-0.05, 0) is 86.0 Å². The molecule has 3 nitrogen and oxygen atoms in total. The van der Waals surface area contributed by atoms with Crippen molar-refractivity contribution in [2.75, 3.05) is 6.61 Å². The molecule has 4 aliphatic rings. The Balaban J connectivity index is 1.75. The zero-order valence-corrected chi connectivity index (χ0v) is 14.5. The number of carboxylic acid groups (broad SMARTS) is 1. The second-order valence-corrected chi connectivity index (χ2v) is 9.31. The van der Waals surface area contributed by atoms with Gasteiger partial charge in [-0.25, -0.2) is 0 Å². The van der Waals surface area contributed by atoms with Crippen molar-refractivity contribution in [3.05, 3.63) is 11.6 Å². The molecule has 0 aromatic carbocycles. The number of carboxylic acids is 1. The van der Waals surface area contributed by atoms with E-state index in [1.165, 1.54) is 31.3 Å². The highest BCUT2D eigenvalue weighted by molar-refractivity contribution is 5.75. The fourth-order valence-electron chi connectivity index (χ4n) is 7.48. The summed E-state index contributed by atoms with van der Waals surface area (Å²) in [7, 11) is 0. The van der Waals surface area contributed by atoms with E-state index < -0.39 is 11.4 Å². The maximum Gasteiger partial charge on any atom is 0.309 e. The molecular weight excluding hydrogens is 288 g/mol. The van der Waals surface area contributed by atoms with Crippen LogP contribution in [0.4, 0.5) is 0 Å². The molecule has 3 heteroatoms. The molecule has 23 heavy (non-hydrogen) atoms. The van der Waals surface area contributed by atoms with E-state index in [0.717, 1.165) is 25.7 Å². The van der Waals surface area contributed by atoms with Crippen LogP contribution < -0.4 is 0 Å². The van der Waals surface area contributed by atoms with Gasteiger partial charge in [-0.2, -0.15) is 0 Å². The van der Waals surface area contributed by atoms with Crippen molar-refractivity contribution in [1.29, 1.82) is 0 Å². The quantitative estimate of drug-likeness (QED) is 0.756. The number of allylic oxidation sites excluding steroid dienone is 1. The molecule has 4 rings (SSSR count). The second kappa shape index (κ2) is 4.84. The SMILES string of the molecule is C[C@@]12CCC[C@@](C)(C(=O)O)[C@H]1CC[C@]13C=C(CO)[C@@H](CC[C@H]12)C3. The molecule has 0 aliphatic heterocycles. The molecule has 3 saturated carbocycles. The summed E-state index contributed by atoms with van der Waals surface area (Å²) in [5, 5.41) is 19.6. The van der Waals surface area contributed by atoms with Crippen molar-refractivity contribution >= 4 is 5.97 Å². The van der Waals surface area contributed by atoms with Gasteiger partial charge in [0.15, 0.2) is 0 Å². The standard InChI is InChI=1S/C20H30O3/c1-18-7-3-8-19(2,17(22)23)15(18)6-9-20-10-13(4-5-16(18)20)14(11-20)12-21/h11,13,15-16,21H,3-10,12H2,1-2H3,(H,22,23)/t13-,15-,16-,18+,19+,20-/m0/s1. The molecule has 0 amide bonds. The third-order valence-electron chi connectivity index (χ3n) is 8.46. The van der Waals surface area contributed by atoms with Crippen molar-refractivity contribution in [3.8, 4) is 0 Å². The Kier molecular flexibility index (Phi) is 3.30. The van der Waals surface area contributed by atoms with Crippen molar-refractivity contribution in [2.45, 2.75) is 65.2 Å². The zero-order valence-electron chi connectivity index (χ0n) is 14.5. The van der Waals surface area contributed by atoms with Crippen LogP contribution in [0.2, 0.25) is 0 Å². The van der Waals surface area contributed by atoms with Crippen LogP contribution in [0, 0.1) is 34.0 Å². The van der Waals surface area contributed by atoms with E-state index in [1.54, 1.807) is 0 Å². The molecule has 0 heterocycles. The molecule has 6 atom stereocenters. The molecule has 1 spiro atoms. The molecular formula is C20H30O3. The summed E-state index contributed by atoms with van der Waals surface area (Å²) in [5.41, 5.74) is 1.12. The number of carbonyl (C=O) groups is 1. The Morgan fingerprint density at radius 3 is 2.65 bits per heavy atom. The van der Waals surface area contributed by atoms with E-state index in [1.807, 2.05) is 6.92 Å². The van der Waals surface area contributed by atoms with Gasteiger partial charge >= 0.3 is 5.97 Å². The van der Waals surface area contributed by atoms with Crippen LogP contribution in [-0.2, 0) is 4.79 Å². The van der Waals surface area contributed by atoms with Crippen LogP contribution in [0.15, 0.2) is 11.6 Å². The van der Waals surface area contributed by atoms with Crippen LogP contribution in [0.1, 0.15) is 65.2 Å². The Hall–Kier alpha value is -0.830. The first-order valence-electron chi connectivity index (χ1n) is 9.42. The highest BCUT2D eigenvalue weighted by atomic mass is 16.4. The Morgan fingerprint density at radius 2 is 1.96 bits per heavy atom. The molecule has 0 unspecified atom stereocenters. The summed E-state index contributed by atoms with van der Waals surface area (Å²) in [6.45, 7) is 4.62. The molecule has 2 N–H and O–H groups in total. The number of rotatable bonds is 2. The molecule has 0 aromatic heterocycles. The minimum atomic E-state index is -0.587. The number of fused-ring (bicyclic) bond motifs is 3. The van der Waals surface area contributed by atoms with Gasteiger partial charge in [0.2, 0.25) is 0 Å². The van der Waals surface area contributed by atoms with E-state index in [0.29, 0.717) is 17.8 Å². The molecule has 2 bridgehead atoms. The summed E-state index contributed by atoms with van der Waals surface area (Å²) >= 11 is 0. The minimum Gasteiger partial charge on any atom is -0.481 e. The van der Waals surface area contributed by atoms with Gasteiger partial charge in [0.05, 0.1) is 12.0 Å². The lowest BCUT2D eigenvalue weighted by atomic mass is 9.41. The topological polar surface area (TPSA) is 57.5 Å². The predicted molar refractivity (Wildman–Crippen MR) is 88.9 cm³/mol. The molecule has 0 saturated heterocycles. The smallest absolute Gasteiger partial charge is 0.309 e. The van der Waals surface area contributed by atoms with E-state index in [-0.39, 0.29) is 17.4 Å². The first kappa shape index (κ1) is 15.7. The lowest BCUT2D eigenvalue weighted by Crippen LogP contribution is -2.58. The van der Waals surface area contributed by atoms with E-state index in [2.05, 4.69) is 13.0 Å².